The van der Waals surface area contributed by atoms with Gasteiger partial charge in [0.25, 0.3) is 5.91 Å². The quantitative estimate of drug-likeness (QED) is 0.574. The molecule has 3 saturated heterocycles. The van der Waals surface area contributed by atoms with Crippen LogP contribution in [-0.2, 0) is 0 Å². The fraction of sp³-hybridized carbons (Fsp3) is 0.348. The minimum Gasteiger partial charge on any atom is -0.450 e. The number of carbonyl (C=O) groups excluding carboxylic acids is 1. The lowest BCUT2D eigenvalue weighted by atomic mass is 9.84. The first-order valence-corrected chi connectivity index (χ1v) is 10.4. The molecule has 5 nitrogen and oxygen atoms in total. The van der Waals surface area contributed by atoms with Crippen LogP contribution in [0, 0.1) is 11.7 Å². The molecule has 3 aliphatic heterocycles. The van der Waals surface area contributed by atoms with Crippen LogP contribution in [0.1, 0.15) is 23.4 Å². The molecule has 2 bridgehead atoms. The molecule has 3 aliphatic rings. The number of benzene rings is 2. The largest absolute Gasteiger partial charge is 0.573 e. The number of nitrogens with one attached hydrogen (secondary N) is 1. The number of furan rings is 1. The van der Waals surface area contributed by atoms with Gasteiger partial charge in [-0.15, -0.1) is 13.2 Å². The van der Waals surface area contributed by atoms with Gasteiger partial charge in [0.05, 0.1) is 0 Å². The lowest BCUT2D eigenvalue weighted by molar-refractivity contribution is -0.274. The van der Waals surface area contributed by atoms with Crippen molar-refractivity contribution in [3.05, 3.63) is 54.0 Å². The molecule has 3 aromatic rings. The van der Waals surface area contributed by atoms with Gasteiger partial charge >= 0.3 is 6.36 Å². The molecule has 6 rings (SSSR count). The highest BCUT2D eigenvalue weighted by molar-refractivity contribution is 6.00. The third kappa shape index (κ3) is 4.17. The molecule has 32 heavy (non-hydrogen) atoms. The maximum Gasteiger partial charge on any atom is 0.573 e. The van der Waals surface area contributed by atoms with E-state index in [-0.39, 0.29) is 29.0 Å². The number of alkyl halides is 3. The lowest BCUT2D eigenvalue weighted by Gasteiger charge is -2.44. The van der Waals surface area contributed by atoms with Crippen LogP contribution < -0.4 is 10.1 Å². The predicted molar refractivity (Wildman–Crippen MR) is 109 cm³/mol. The Balaban J connectivity index is 1.42. The van der Waals surface area contributed by atoms with Crippen molar-refractivity contribution in [3.63, 3.8) is 0 Å². The van der Waals surface area contributed by atoms with Crippen molar-refractivity contribution in [1.82, 2.24) is 10.2 Å². The zero-order chi connectivity index (χ0) is 22.5. The summed E-state index contributed by atoms with van der Waals surface area (Å²) in [5.41, 5.74) is 1.05. The van der Waals surface area contributed by atoms with E-state index in [9.17, 15) is 22.4 Å². The number of halogens is 4. The molecule has 0 saturated carbocycles. The van der Waals surface area contributed by atoms with Gasteiger partial charge in [-0.25, -0.2) is 4.39 Å². The van der Waals surface area contributed by atoms with Gasteiger partial charge in [0.15, 0.2) is 5.76 Å². The van der Waals surface area contributed by atoms with Crippen molar-refractivity contribution in [2.45, 2.75) is 25.2 Å². The second kappa shape index (κ2) is 7.81. The molecule has 1 aromatic heterocycles. The zero-order valence-electron chi connectivity index (χ0n) is 16.9. The van der Waals surface area contributed by atoms with Gasteiger partial charge in [-0.05, 0) is 67.7 Å². The third-order valence-corrected chi connectivity index (χ3v) is 6.18. The summed E-state index contributed by atoms with van der Waals surface area (Å²) in [5.74, 6) is -0.779. The fourth-order valence-electron chi connectivity index (χ4n) is 4.65. The standard InChI is InChI=1S/C23H20F4N2O3/c24-16-9-15-10-20(22(30)28-19-12-29-7-5-14(19)6-8-29)31-21(15)18(11-16)13-1-3-17(4-2-13)32-23(25,26)27/h1-4,9-11,14,19H,5-8,12H2,(H,28,30)/t19-/m0/s1. The highest BCUT2D eigenvalue weighted by atomic mass is 19.4. The van der Waals surface area contributed by atoms with E-state index >= 15 is 0 Å². The summed E-state index contributed by atoms with van der Waals surface area (Å²) in [5, 5.41) is 3.44. The predicted octanol–water partition coefficient (Wildman–Crippen LogP) is 4.96. The van der Waals surface area contributed by atoms with Crippen LogP contribution in [0.3, 0.4) is 0 Å². The van der Waals surface area contributed by atoms with E-state index in [0.717, 1.165) is 44.6 Å². The van der Waals surface area contributed by atoms with Gasteiger partial charge in [0.1, 0.15) is 17.1 Å². The second-order valence-corrected chi connectivity index (χ2v) is 8.27. The number of hydrogen-bond donors (Lipinski definition) is 1. The maximum absolute atomic E-state index is 14.2. The second-order valence-electron chi connectivity index (χ2n) is 8.27. The summed E-state index contributed by atoms with van der Waals surface area (Å²) in [7, 11) is 0. The molecule has 1 atom stereocenters. The SMILES string of the molecule is O=C(N[C@H]1CN2CCC1CC2)c1cc2cc(F)cc(-c3ccc(OC(F)(F)F)cc3)c2o1. The molecule has 4 heterocycles. The van der Waals surface area contributed by atoms with Crippen LogP contribution in [-0.4, -0.2) is 42.8 Å². The summed E-state index contributed by atoms with van der Waals surface area (Å²) in [6.07, 6.45) is -2.70. The van der Waals surface area contributed by atoms with E-state index in [1.54, 1.807) is 0 Å². The van der Waals surface area contributed by atoms with Crippen LogP contribution in [0.25, 0.3) is 22.1 Å². The summed E-state index contributed by atoms with van der Waals surface area (Å²) < 4.78 is 61.1. The first-order valence-electron chi connectivity index (χ1n) is 10.4. The highest BCUT2D eigenvalue weighted by Crippen LogP contribution is 2.34. The molecule has 1 N–H and O–H groups in total. The maximum atomic E-state index is 14.2. The number of nitrogens with zero attached hydrogens (tertiary/aromatic N) is 1. The molecule has 168 valence electrons. The number of fused-ring (bicyclic) bond motifs is 4. The molecule has 0 aliphatic carbocycles. The molecule has 2 aromatic carbocycles. The minimum atomic E-state index is -4.80. The molecule has 0 radical (unpaired) electrons. The average molecular weight is 448 g/mol. The van der Waals surface area contributed by atoms with Gasteiger partial charge in [-0.2, -0.15) is 0 Å². The van der Waals surface area contributed by atoms with Crippen molar-refractivity contribution >= 4 is 16.9 Å². The van der Waals surface area contributed by atoms with Gasteiger partial charge < -0.3 is 19.4 Å². The summed E-state index contributed by atoms with van der Waals surface area (Å²) in [4.78, 5) is 15.2. The molecule has 0 spiro atoms. The van der Waals surface area contributed by atoms with Crippen molar-refractivity contribution < 1.29 is 31.5 Å². The molecule has 0 unspecified atom stereocenters. The molecular formula is C23H20F4N2O3. The number of carbonyl (C=O) groups is 1. The van der Waals surface area contributed by atoms with Crippen molar-refractivity contribution in [3.8, 4) is 16.9 Å². The van der Waals surface area contributed by atoms with Gasteiger partial charge in [0, 0.05) is 23.5 Å². The van der Waals surface area contributed by atoms with E-state index in [0.29, 0.717) is 22.4 Å². The Labute approximate surface area is 180 Å². The number of piperidine rings is 3. The molecule has 9 heteroatoms. The number of hydrogen-bond acceptors (Lipinski definition) is 4. The number of ether oxygens (including phenoxy) is 1. The van der Waals surface area contributed by atoms with Crippen LogP contribution in [0.15, 0.2) is 46.9 Å². The van der Waals surface area contributed by atoms with Crippen molar-refractivity contribution in [1.29, 1.82) is 0 Å². The Kier molecular flexibility index (Phi) is 5.08. The minimum absolute atomic E-state index is 0.0515. The van der Waals surface area contributed by atoms with E-state index in [1.807, 2.05) is 0 Å². The smallest absolute Gasteiger partial charge is 0.450 e. The van der Waals surface area contributed by atoms with Crippen LogP contribution in [0.4, 0.5) is 17.6 Å². The van der Waals surface area contributed by atoms with Crippen LogP contribution in [0.5, 0.6) is 5.75 Å². The van der Waals surface area contributed by atoms with Crippen molar-refractivity contribution in [2.24, 2.45) is 5.92 Å². The first kappa shape index (κ1) is 20.8. The van der Waals surface area contributed by atoms with Crippen molar-refractivity contribution in [2.75, 3.05) is 19.6 Å². The first-order chi connectivity index (χ1) is 15.2. The lowest BCUT2D eigenvalue weighted by Crippen LogP contribution is -2.57. The Morgan fingerprint density at radius 3 is 2.44 bits per heavy atom. The van der Waals surface area contributed by atoms with E-state index in [1.165, 1.54) is 30.3 Å². The summed E-state index contributed by atoms with van der Waals surface area (Å²) in [6.45, 7) is 2.91. The number of amides is 1. The Morgan fingerprint density at radius 1 is 1.09 bits per heavy atom. The topological polar surface area (TPSA) is 54.7 Å². The average Bonchev–Trinajstić information content (AvgIpc) is 3.18. The fourth-order valence-corrected chi connectivity index (χ4v) is 4.65. The highest BCUT2D eigenvalue weighted by Gasteiger charge is 2.35. The van der Waals surface area contributed by atoms with Gasteiger partial charge in [-0.3, -0.25) is 4.79 Å². The zero-order valence-corrected chi connectivity index (χ0v) is 16.9. The van der Waals surface area contributed by atoms with Crippen LogP contribution in [0.2, 0.25) is 0 Å². The van der Waals surface area contributed by atoms with E-state index in [4.69, 9.17) is 4.42 Å². The van der Waals surface area contributed by atoms with E-state index < -0.39 is 12.2 Å². The normalized spacial score (nSPS) is 22.8. The molecular weight excluding hydrogens is 428 g/mol. The molecule has 3 fully saturated rings. The Bertz CT molecular complexity index is 1150. The molecule has 1 amide bonds. The summed E-state index contributed by atoms with van der Waals surface area (Å²) in [6, 6.07) is 9.06. The van der Waals surface area contributed by atoms with Gasteiger partial charge in [0.2, 0.25) is 0 Å². The monoisotopic (exact) mass is 448 g/mol. The Hall–Kier alpha value is -3.07. The third-order valence-electron chi connectivity index (χ3n) is 6.18. The number of rotatable bonds is 4. The van der Waals surface area contributed by atoms with E-state index in [2.05, 4.69) is 15.0 Å². The van der Waals surface area contributed by atoms with Gasteiger partial charge in [-0.1, -0.05) is 12.1 Å². The van der Waals surface area contributed by atoms with Crippen LogP contribution >= 0.6 is 0 Å². The Morgan fingerprint density at radius 2 is 1.81 bits per heavy atom. The summed E-state index contributed by atoms with van der Waals surface area (Å²) >= 11 is 0.